The number of benzene rings is 1. The van der Waals surface area contributed by atoms with E-state index in [-0.39, 0.29) is 73.0 Å². The lowest BCUT2D eigenvalue weighted by atomic mass is 9.83. The minimum atomic E-state index is -1.41. The second-order valence-electron chi connectivity index (χ2n) is 16.9. The first kappa shape index (κ1) is 38.8. The Kier molecular flexibility index (Phi) is 11.0. The average molecular weight is 762 g/mol. The van der Waals surface area contributed by atoms with Crippen molar-refractivity contribution in [2.75, 3.05) is 26.3 Å². The Morgan fingerprint density at radius 3 is 2.44 bits per heavy atom. The highest BCUT2D eigenvalue weighted by molar-refractivity contribution is 6.44. The number of oxazole rings is 1. The minimum absolute atomic E-state index is 0.00258. The van der Waals surface area contributed by atoms with Crippen molar-refractivity contribution in [3.05, 3.63) is 42.4 Å². The molecule has 1 aromatic carbocycles. The zero-order valence-corrected chi connectivity index (χ0v) is 31.9. The number of aromatic nitrogens is 1. The van der Waals surface area contributed by atoms with Crippen molar-refractivity contribution in [3.8, 4) is 11.3 Å². The number of hydrogen-bond acceptors (Lipinski definition) is 11. The number of amides is 4. The smallest absolute Gasteiger partial charge is 0.285 e. The van der Waals surface area contributed by atoms with Gasteiger partial charge in [0.1, 0.15) is 12.1 Å². The fourth-order valence-corrected chi connectivity index (χ4v) is 8.99. The Morgan fingerprint density at radius 2 is 1.75 bits per heavy atom. The largest absolute Gasteiger partial charge is 0.433 e. The quantitative estimate of drug-likeness (QED) is 0.200. The van der Waals surface area contributed by atoms with Crippen LogP contribution in [-0.2, 0) is 38.2 Å². The zero-order chi connectivity index (χ0) is 39.2. The molecule has 2 bridgehead atoms. The molecule has 5 unspecified atom stereocenters. The molecule has 2 aromatic rings. The molecule has 0 spiro atoms. The number of hydrogen-bond donors (Lipinski definition) is 3. The predicted molar refractivity (Wildman–Crippen MR) is 195 cm³/mol. The van der Waals surface area contributed by atoms with Gasteiger partial charge in [0.15, 0.2) is 12.1 Å². The number of fused-ring (bicyclic) bond motifs is 1. The highest BCUT2D eigenvalue weighted by Crippen LogP contribution is 2.51. The molecule has 15 nitrogen and oxygen atoms in total. The molecule has 7 rings (SSSR count). The first-order valence-corrected chi connectivity index (χ1v) is 19.4. The van der Waals surface area contributed by atoms with Crippen LogP contribution in [0.4, 0.5) is 0 Å². The van der Waals surface area contributed by atoms with E-state index in [1.54, 1.807) is 24.3 Å². The third kappa shape index (κ3) is 7.96. The molecule has 1 aliphatic carbocycles. The number of nitrogens with zero attached hydrogens (tertiary/aromatic N) is 2. The third-order valence-electron chi connectivity index (χ3n) is 11.7. The Labute approximate surface area is 320 Å². The van der Waals surface area contributed by atoms with Gasteiger partial charge in [-0.25, -0.2) is 4.98 Å². The molecule has 0 radical (unpaired) electrons. The van der Waals surface area contributed by atoms with Crippen molar-refractivity contribution in [3.63, 3.8) is 0 Å². The molecular formula is C40H51N5O10. The molecule has 5 fully saturated rings. The van der Waals surface area contributed by atoms with Crippen molar-refractivity contribution in [2.45, 2.75) is 96.9 Å². The molecule has 15 heteroatoms. The van der Waals surface area contributed by atoms with Crippen LogP contribution >= 0.6 is 0 Å². The summed E-state index contributed by atoms with van der Waals surface area (Å²) in [7, 11) is 0. The van der Waals surface area contributed by atoms with Crippen LogP contribution in [-0.4, -0.2) is 108 Å². The molecule has 10 atom stereocenters. The van der Waals surface area contributed by atoms with E-state index in [1.165, 1.54) is 11.1 Å². The molecule has 3 N–H and O–H groups in total. The van der Waals surface area contributed by atoms with Crippen molar-refractivity contribution in [1.29, 1.82) is 0 Å². The lowest BCUT2D eigenvalue weighted by Crippen LogP contribution is -2.60. The molecule has 5 aliphatic rings. The first-order chi connectivity index (χ1) is 26.2. The number of Topliss-reactive ketones (excluding diaryl/α,β-unsaturated/α-hetero) is 2. The number of nitrogens with one attached hydrogen (secondary N) is 3. The van der Waals surface area contributed by atoms with E-state index in [1.807, 2.05) is 40.7 Å². The molecular weight excluding hydrogens is 710 g/mol. The fourth-order valence-electron chi connectivity index (χ4n) is 8.99. The number of likely N-dealkylation sites (tertiary alicyclic amines) is 1. The predicted octanol–water partition coefficient (Wildman–Crippen LogP) is 2.28. The van der Waals surface area contributed by atoms with Crippen LogP contribution in [0.5, 0.6) is 0 Å². The van der Waals surface area contributed by atoms with Crippen LogP contribution in [0.2, 0.25) is 0 Å². The SMILES string of the molecule is CC(C)O[C@@H]1C[C@@H](C(=O)NC(CC2CCNC2=O)C(=O)C(=O)c2ncc(-c3ccccc3)o2)N(C(=O)[C@@H](NC(=O)C2C3CO[C@@H]4OC[C@@H]2C4C3)C(C)(C)C)C1. The van der Waals surface area contributed by atoms with Gasteiger partial charge in [0.05, 0.1) is 37.7 Å². The third-order valence-corrected chi connectivity index (χ3v) is 11.7. The maximum absolute atomic E-state index is 14.7. The molecule has 1 aromatic heterocycles. The zero-order valence-electron chi connectivity index (χ0n) is 31.9. The Morgan fingerprint density at radius 1 is 1.00 bits per heavy atom. The van der Waals surface area contributed by atoms with Gasteiger partial charge in [0.25, 0.3) is 11.7 Å². The van der Waals surface area contributed by atoms with E-state index in [0.717, 1.165) is 6.42 Å². The molecule has 4 amide bonds. The van der Waals surface area contributed by atoms with Gasteiger partial charge < -0.3 is 39.5 Å². The van der Waals surface area contributed by atoms with Gasteiger partial charge in [-0.05, 0) is 44.4 Å². The van der Waals surface area contributed by atoms with Crippen LogP contribution in [0.25, 0.3) is 11.3 Å². The second-order valence-corrected chi connectivity index (χ2v) is 16.9. The van der Waals surface area contributed by atoms with Crippen LogP contribution in [0.3, 0.4) is 0 Å². The number of carbonyl (C=O) groups is 6. The van der Waals surface area contributed by atoms with Crippen molar-refractivity contribution in [2.24, 2.45) is 35.0 Å². The summed E-state index contributed by atoms with van der Waals surface area (Å²) in [6, 6.07) is 5.44. The van der Waals surface area contributed by atoms with Gasteiger partial charge in [-0.15, -0.1) is 0 Å². The van der Waals surface area contributed by atoms with E-state index in [2.05, 4.69) is 20.9 Å². The number of ketones is 2. The van der Waals surface area contributed by atoms with Gasteiger partial charge in [-0.1, -0.05) is 51.1 Å². The number of carbonyl (C=O) groups excluding carboxylic acids is 6. The second kappa shape index (κ2) is 15.6. The summed E-state index contributed by atoms with van der Waals surface area (Å²) in [6.45, 7) is 10.6. The highest BCUT2D eigenvalue weighted by Gasteiger charge is 2.58. The van der Waals surface area contributed by atoms with E-state index in [0.29, 0.717) is 31.7 Å². The Bertz CT molecular complexity index is 1810. The molecule has 55 heavy (non-hydrogen) atoms. The van der Waals surface area contributed by atoms with E-state index >= 15 is 0 Å². The first-order valence-electron chi connectivity index (χ1n) is 19.4. The van der Waals surface area contributed by atoms with Crippen LogP contribution < -0.4 is 16.0 Å². The highest BCUT2D eigenvalue weighted by atomic mass is 16.7. The van der Waals surface area contributed by atoms with Gasteiger partial charge in [0.2, 0.25) is 29.4 Å². The number of ether oxygens (including phenoxy) is 3. The topological polar surface area (TPSA) is 195 Å². The van der Waals surface area contributed by atoms with E-state index < -0.39 is 64.8 Å². The van der Waals surface area contributed by atoms with Crippen LogP contribution in [0.15, 0.2) is 40.9 Å². The van der Waals surface area contributed by atoms with Crippen LogP contribution in [0, 0.1) is 35.0 Å². The summed E-state index contributed by atoms with van der Waals surface area (Å²) >= 11 is 0. The molecule has 1 saturated carbocycles. The monoisotopic (exact) mass is 761 g/mol. The fraction of sp³-hybridized carbons (Fsp3) is 0.625. The van der Waals surface area contributed by atoms with Crippen LogP contribution in [0.1, 0.15) is 71.0 Å². The van der Waals surface area contributed by atoms with E-state index in [4.69, 9.17) is 18.6 Å². The summed E-state index contributed by atoms with van der Waals surface area (Å²) in [4.78, 5) is 88.6. The maximum Gasteiger partial charge on any atom is 0.285 e. The molecule has 5 heterocycles. The van der Waals surface area contributed by atoms with Gasteiger partial charge >= 0.3 is 0 Å². The normalized spacial score (nSPS) is 29.6. The number of rotatable bonds is 13. The molecule has 4 aliphatic heterocycles. The Hall–Kier alpha value is -4.47. The standard InChI is InChI=1S/C40H51N5O10/c1-20(2)54-24-15-28(45(17-24)38(51)33(40(3,4)5)44-36(50)30-23-13-25-26(30)19-53-39(25)52-18-23)35(49)43-27(14-22-11-12-41-34(22)48)31(46)32(47)37-42-16-29(55-37)21-9-7-6-8-10-21/h6-10,16,20,22-28,30,33,39H,11-15,17-19H2,1-5H3,(H,41,48)(H,43,49)(H,44,50)/t22?,23?,24-,25?,26-,27?,28+,30?,33-,39-/m1/s1. The lowest BCUT2D eigenvalue weighted by Gasteiger charge is -2.37. The van der Waals surface area contributed by atoms with Gasteiger partial charge in [-0.2, -0.15) is 0 Å². The summed E-state index contributed by atoms with van der Waals surface area (Å²) in [5.41, 5.74) is -0.0944. The lowest BCUT2D eigenvalue weighted by molar-refractivity contribution is -0.168. The summed E-state index contributed by atoms with van der Waals surface area (Å²) in [5.74, 6) is -4.70. The van der Waals surface area contributed by atoms with Gasteiger partial charge in [-0.3, -0.25) is 28.8 Å². The molecule has 4 saturated heterocycles. The molecule has 296 valence electrons. The van der Waals surface area contributed by atoms with Gasteiger partial charge in [0, 0.05) is 48.7 Å². The van der Waals surface area contributed by atoms with Crippen molar-refractivity contribution < 1.29 is 47.4 Å². The minimum Gasteiger partial charge on any atom is -0.433 e. The van der Waals surface area contributed by atoms with Crippen molar-refractivity contribution >= 4 is 35.2 Å². The maximum atomic E-state index is 14.7. The van der Waals surface area contributed by atoms with E-state index in [9.17, 15) is 28.8 Å². The average Bonchev–Trinajstić information content (AvgIpc) is 3.98. The summed E-state index contributed by atoms with van der Waals surface area (Å²) in [6.07, 6.45) is 1.55. The van der Waals surface area contributed by atoms with Crippen molar-refractivity contribution in [1.82, 2.24) is 25.8 Å². The summed E-state index contributed by atoms with van der Waals surface area (Å²) < 4.78 is 23.5. The summed E-state index contributed by atoms with van der Waals surface area (Å²) in [5, 5.41) is 8.55. The Balaban J connectivity index is 1.12.